The largest absolute Gasteiger partial charge is 0.360 e. The van der Waals surface area contributed by atoms with Crippen molar-refractivity contribution in [2.45, 2.75) is 25.8 Å². The number of nitriles is 1. The fourth-order valence-corrected chi connectivity index (χ4v) is 3.86. The Labute approximate surface area is 163 Å². The van der Waals surface area contributed by atoms with Crippen LogP contribution in [-0.2, 0) is 17.8 Å². The predicted octanol–water partition coefficient (Wildman–Crippen LogP) is 4.20. The van der Waals surface area contributed by atoms with Crippen LogP contribution in [-0.4, -0.2) is 22.5 Å². The summed E-state index contributed by atoms with van der Waals surface area (Å²) in [5.41, 5.74) is 4.24. The van der Waals surface area contributed by atoms with Gasteiger partial charge < -0.3 is 9.42 Å². The Morgan fingerprint density at radius 1 is 1.04 bits per heavy atom. The first-order valence-electron chi connectivity index (χ1n) is 9.54. The lowest BCUT2D eigenvalue weighted by molar-refractivity contribution is -0.136. The highest BCUT2D eigenvalue weighted by molar-refractivity contribution is 5.88. The van der Waals surface area contributed by atoms with Gasteiger partial charge in [0.25, 0.3) is 0 Å². The van der Waals surface area contributed by atoms with Gasteiger partial charge in [-0.05, 0) is 24.0 Å². The van der Waals surface area contributed by atoms with Gasteiger partial charge >= 0.3 is 0 Å². The van der Waals surface area contributed by atoms with E-state index in [4.69, 9.17) is 4.52 Å². The Bertz CT molecular complexity index is 1070. The number of hydrogen-bond donors (Lipinski definition) is 0. The molecule has 3 aromatic rings. The maximum absolute atomic E-state index is 12.7. The van der Waals surface area contributed by atoms with Crippen molar-refractivity contribution in [1.82, 2.24) is 10.1 Å². The number of carbonyl (C=O) groups is 1. The molecule has 0 saturated heterocycles. The third-order valence-corrected chi connectivity index (χ3v) is 5.75. The number of aromatic nitrogens is 1. The van der Waals surface area contributed by atoms with Gasteiger partial charge in [-0.3, -0.25) is 4.79 Å². The monoisotopic (exact) mass is 369 g/mol. The highest BCUT2D eigenvalue weighted by Gasteiger charge is 2.53. The van der Waals surface area contributed by atoms with Crippen LogP contribution < -0.4 is 0 Å². The molecular weight excluding hydrogens is 350 g/mol. The summed E-state index contributed by atoms with van der Waals surface area (Å²) >= 11 is 0. The highest BCUT2D eigenvalue weighted by atomic mass is 16.5. The summed E-state index contributed by atoms with van der Waals surface area (Å²) in [6.07, 6.45) is 1.98. The van der Waals surface area contributed by atoms with E-state index in [-0.39, 0.29) is 5.91 Å². The molecule has 0 N–H and O–H groups in total. The number of carbonyl (C=O) groups excluding carboxylic acids is 1. The van der Waals surface area contributed by atoms with E-state index >= 15 is 0 Å². The molecule has 0 radical (unpaired) electrons. The SMILES string of the molecule is N#CC1(C(=O)N2CCc3onc(-c4ccc(-c5ccccc5)cc4)c3C2)CC1. The summed E-state index contributed by atoms with van der Waals surface area (Å²) in [5, 5.41) is 13.6. The first-order chi connectivity index (χ1) is 13.7. The fraction of sp³-hybridized carbons (Fsp3) is 0.261. The van der Waals surface area contributed by atoms with E-state index in [0.717, 1.165) is 28.1 Å². The van der Waals surface area contributed by atoms with Crippen molar-refractivity contribution < 1.29 is 9.32 Å². The minimum absolute atomic E-state index is 0.0489. The summed E-state index contributed by atoms with van der Waals surface area (Å²) < 4.78 is 5.56. The molecule has 2 aliphatic rings. The second-order valence-corrected chi connectivity index (χ2v) is 7.55. The molecule has 5 heteroatoms. The van der Waals surface area contributed by atoms with Crippen molar-refractivity contribution >= 4 is 5.91 Å². The van der Waals surface area contributed by atoms with Crippen molar-refractivity contribution in [3.05, 3.63) is 65.9 Å². The van der Waals surface area contributed by atoms with Crippen LogP contribution in [0.4, 0.5) is 0 Å². The van der Waals surface area contributed by atoms with Crippen molar-refractivity contribution in [2.75, 3.05) is 6.54 Å². The van der Waals surface area contributed by atoms with Crippen LogP contribution in [0.2, 0.25) is 0 Å². The average molecular weight is 369 g/mol. The molecule has 2 aromatic carbocycles. The van der Waals surface area contributed by atoms with Crippen LogP contribution in [0, 0.1) is 16.7 Å². The third-order valence-electron chi connectivity index (χ3n) is 5.75. The molecule has 1 aliphatic carbocycles. The molecule has 138 valence electrons. The van der Waals surface area contributed by atoms with E-state index in [1.807, 2.05) is 30.3 Å². The predicted molar refractivity (Wildman–Crippen MR) is 104 cm³/mol. The van der Waals surface area contributed by atoms with Gasteiger partial charge in [-0.25, -0.2) is 0 Å². The molecule has 0 spiro atoms. The van der Waals surface area contributed by atoms with E-state index in [1.54, 1.807) is 4.90 Å². The van der Waals surface area contributed by atoms with Gasteiger partial charge in [-0.1, -0.05) is 59.8 Å². The number of rotatable bonds is 3. The average Bonchev–Trinajstić information content (AvgIpc) is 3.46. The van der Waals surface area contributed by atoms with Crippen LogP contribution in [0.25, 0.3) is 22.4 Å². The molecule has 28 heavy (non-hydrogen) atoms. The lowest BCUT2D eigenvalue weighted by Gasteiger charge is -2.28. The van der Waals surface area contributed by atoms with Crippen molar-refractivity contribution in [3.8, 4) is 28.5 Å². The Morgan fingerprint density at radius 2 is 1.71 bits per heavy atom. The van der Waals surface area contributed by atoms with Crippen molar-refractivity contribution in [1.29, 1.82) is 5.26 Å². The van der Waals surface area contributed by atoms with E-state index in [1.165, 1.54) is 5.56 Å². The Balaban J connectivity index is 1.42. The Kier molecular flexibility index (Phi) is 3.80. The molecule has 2 heterocycles. The van der Waals surface area contributed by atoms with E-state index in [2.05, 4.69) is 35.5 Å². The Hall–Kier alpha value is -3.39. The van der Waals surface area contributed by atoms with Gasteiger partial charge in [0.1, 0.15) is 16.9 Å². The first-order valence-corrected chi connectivity index (χ1v) is 9.54. The van der Waals surface area contributed by atoms with Gasteiger partial charge in [-0.15, -0.1) is 0 Å². The molecular formula is C23H19N3O2. The third kappa shape index (κ3) is 2.69. The molecule has 1 fully saturated rings. The van der Waals surface area contributed by atoms with Crippen LogP contribution in [0.5, 0.6) is 0 Å². The second-order valence-electron chi connectivity index (χ2n) is 7.55. The summed E-state index contributed by atoms with van der Waals surface area (Å²) in [7, 11) is 0. The van der Waals surface area contributed by atoms with Gasteiger partial charge in [-0.2, -0.15) is 5.26 Å². The molecule has 0 bridgehead atoms. The maximum Gasteiger partial charge on any atom is 0.243 e. The van der Waals surface area contributed by atoms with Crippen LogP contribution in [0.15, 0.2) is 59.1 Å². The highest BCUT2D eigenvalue weighted by Crippen LogP contribution is 2.47. The standard InChI is InChI=1S/C23H19N3O2/c24-15-23(11-12-23)22(27)26-13-10-20-19(14-26)21(25-28-20)18-8-6-17(7-9-18)16-4-2-1-3-5-16/h1-9H,10-14H2. The lowest BCUT2D eigenvalue weighted by Crippen LogP contribution is -2.40. The van der Waals surface area contributed by atoms with Crippen LogP contribution >= 0.6 is 0 Å². The maximum atomic E-state index is 12.7. The zero-order chi connectivity index (χ0) is 19.1. The zero-order valence-corrected chi connectivity index (χ0v) is 15.4. The van der Waals surface area contributed by atoms with Gasteiger partial charge in [0.05, 0.1) is 12.6 Å². The molecule has 0 unspecified atom stereocenters. The van der Waals surface area contributed by atoms with Crippen LogP contribution in [0.1, 0.15) is 24.2 Å². The Morgan fingerprint density at radius 3 is 2.39 bits per heavy atom. The molecule has 0 atom stereocenters. The second kappa shape index (κ2) is 6.35. The quantitative estimate of drug-likeness (QED) is 0.694. The lowest BCUT2D eigenvalue weighted by atomic mass is 9.97. The van der Waals surface area contributed by atoms with Crippen molar-refractivity contribution in [3.63, 3.8) is 0 Å². The summed E-state index contributed by atoms with van der Waals surface area (Å²) in [6, 6.07) is 20.7. The molecule has 5 rings (SSSR count). The number of benzene rings is 2. The molecule has 1 aromatic heterocycles. The van der Waals surface area contributed by atoms with Crippen LogP contribution in [0.3, 0.4) is 0 Å². The van der Waals surface area contributed by atoms with E-state index < -0.39 is 5.41 Å². The smallest absolute Gasteiger partial charge is 0.243 e. The number of hydrogen-bond acceptors (Lipinski definition) is 4. The number of fused-ring (bicyclic) bond motifs is 1. The zero-order valence-electron chi connectivity index (χ0n) is 15.4. The minimum Gasteiger partial charge on any atom is -0.360 e. The van der Waals surface area contributed by atoms with E-state index in [9.17, 15) is 10.1 Å². The fourth-order valence-electron chi connectivity index (χ4n) is 3.86. The molecule has 5 nitrogen and oxygen atoms in total. The first kappa shape index (κ1) is 16.8. The summed E-state index contributed by atoms with van der Waals surface area (Å²) in [4.78, 5) is 14.5. The number of nitrogens with zero attached hydrogens (tertiary/aromatic N) is 3. The molecule has 1 amide bonds. The normalized spacial score (nSPS) is 16.9. The van der Waals surface area contributed by atoms with Crippen molar-refractivity contribution in [2.24, 2.45) is 5.41 Å². The van der Waals surface area contributed by atoms with Gasteiger partial charge in [0.15, 0.2) is 0 Å². The topological polar surface area (TPSA) is 70.1 Å². The summed E-state index contributed by atoms with van der Waals surface area (Å²) in [6.45, 7) is 1.04. The minimum atomic E-state index is -0.786. The van der Waals surface area contributed by atoms with E-state index in [0.29, 0.717) is 32.4 Å². The molecule has 1 saturated carbocycles. The van der Waals surface area contributed by atoms with Gasteiger partial charge in [0, 0.05) is 24.1 Å². The molecule has 1 aliphatic heterocycles. The number of amides is 1. The summed E-state index contributed by atoms with van der Waals surface area (Å²) in [5.74, 6) is 0.792. The van der Waals surface area contributed by atoms with Gasteiger partial charge in [0.2, 0.25) is 5.91 Å².